The van der Waals surface area contributed by atoms with Crippen LogP contribution >= 0.6 is 11.3 Å². The van der Waals surface area contributed by atoms with Gasteiger partial charge in [0.15, 0.2) is 5.65 Å². The van der Waals surface area contributed by atoms with E-state index in [0.29, 0.717) is 5.56 Å². The lowest BCUT2D eigenvalue weighted by molar-refractivity contribution is 0.0657. The van der Waals surface area contributed by atoms with Crippen LogP contribution in [0.25, 0.3) is 21.6 Å². The third-order valence-corrected chi connectivity index (χ3v) is 5.63. The largest absolute Gasteiger partial charge is 0.333 e. The summed E-state index contributed by atoms with van der Waals surface area (Å²) in [4.78, 5) is 21.1. The molecule has 0 aromatic carbocycles. The van der Waals surface area contributed by atoms with Crippen LogP contribution in [-0.4, -0.2) is 51.2 Å². The number of fused-ring (bicyclic) bond motifs is 1. The Morgan fingerprint density at radius 3 is 3.00 bits per heavy atom. The number of nitrogens with zero attached hydrogens (tertiary/aromatic N) is 4. The number of hydrogen-bond donors (Lipinski definition) is 1. The van der Waals surface area contributed by atoms with E-state index in [1.165, 1.54) is 0 Å². The maximum Gasteiger partial charge on any atom is 0.255 e. The molecule has 4 rings (SSSR count). The number of aryl methyl sites for hydroxylation is 2. The fourth-order valence-electron chi connectivity index (χ4n) is 3.46. The molecule has 25 heavy (non-hydrogen) atoms. The summed E-state index contributed by atoms with van der Waals surface area (Å²) in [6, 6.07) is 6.14. The van der Waals surface area contributed by atoms with Crippen LogP contribution < -0.4 is 5.32 Å². The molecule has 3 aromatic rings. The van der Waals surface area contributed by atoms with Crippen molar-refractivity contribution in [2.24, 2.45) is 7.05 Å². The molecule has 0 radical (unpaired) electrons. The molecular formula is C18H21N5OS. The van der Waals surface area contributed by atoms with Crippen LogP contribution in [0.5, 0.6) is 0 Å². The van der Waals surface area contributed by atoms with Crippen molar-refractivity contribution in [2.75, 3.05) is 19.6 Å². The third kappa shape index (κ3) is 2.73. The van der Waals surface area contributed by atoms with Crippen LogP contribution in [0.2, 0.25) is 0 Å². The van der Waals surface area contributed by atoms with Gasteiger partial charge < -0.3 is 10.2 Å². The Balaban J connectivity index is 1.90. The Hall–Kier alpha value is -2.25. The fourth-order valence-corrected chi connectivity index (χ4v) is 4.15. The van der Waals surface area contributed by atoms with E-state index < -0.39 is 0 Å². The number of carbonyl (C=O) groups is 1. The molecule has 1 amide bonds. The van der Waals surface area contributed by atoms with Gasteiger partial charge in [0.05, 0.1) is 27.2 Å². The molecule has 1 unspecified atom stereocenters. The summed E-state index contributed by atoms with van der Waals surface area (Å²) in [6.45, 7) is 6.39. The molecule has 4 heterocycles. The van der Waals surface area contributed by atoms with Gasteiger partial charge in [-0.1, -0.05) is 6.07 Å². The van der Waals surface area contributed by atoms with E-state index in [-0.39, 0.29) is 11.9 Å². The first-order chi connectivity index (χ1) is 12.1. The van der Waals surface area contributed by atoms with E-state index in [1.807, 2.05) is 42.5 Å². The summed E-state index contributed by atoms with van der Waals surface area (Å²) in [7, 11) is 1.88. The highest BCUT2D eigenvalue weighted by molar-refractivity contribution is 7.13. The van der Waals surface area contributed by atoms with Gasteiger partial charge in [-0.2, -0.15) is 5.10 Å². The molecule has 0 saturated carbocycles. The van der Waals surface area contributed by atoms with Gasteiger partial charge in [-0.15, -0.1) is 11.3 Å². The van der Waals surface area contributed by atoms with Gasteiger partial charge in [-0.3, -0.25) is 9.48 Å². The molecule has 1 atom stereocenters. The first-order valence-electron chi connectivity index (χ1n) is 8.46. The van der Waals surface area contributed by atoms with Gasteiger partial charge in [0.25, 0.3) is 5.91 Å². The predicted molar refractivity (Wildman–Crippen MR) is 99.9 cm³/mol. The van der Waals surface area contributed by atoms with Crippen molar-refractivity contribution in [3.63, 3.8) is 0 Å². The summed E-state index contributed by atoms with van der Waals surface area (Å²) in [5, 5.41) is 10.7. The Kier molecular flexibility index (Phi) is 4.05. The lowest BCUT2D eigenvalue weighted by Gasteiger charge is -2.34. The Morgan fingerprint density at radius 1 is 1.44 bits per heavy atom. The zero-order chi connectivity index (χ0) is 17.6. The van der Waals surface area contributed by atoms with E-state index in [9.17, 15) is 4.79 Å². The van der Waals surface area contributed by atoms with Gasteiger partial charge in [0.2, 0.25) is 0 Å². The van der Waals surface area contributed by atoms with Crippen molar-refractivity contribution in [2.45, 2.75) is 19.9 Å². The van der Waals surface area contributed by atoms with Crippen LogP contribution in [0.1, 0.15) is 23.0 Å². The van der Waals surface area contributed by atoms with Gasteiger partial charge in [0.1, 0.15) is 0 Å². The van der Waals surface area contributed by atoms with E-state index in [4.69, 9.17) is 4.98 Å². The van der Waals surface area contributed by atoms with Crippen LogP contribution in [0.15, 0.2) is 23.6 Å². The minimum atomic E-state index is 0.0651. The number of rotatable bonds is 2. The highest BCUT2D eigenvalue weighted by atomic mass is 32.1. The normalized spacial score (nSPS) is 18.0. The average molecular weight is 355 g/mol. The van der Waals surface area contributed by atoms with Crippen molar-refractivity contribution >= 4 is 28.3 Å². The van der Waals surface area contributed by atoms with Crippen LogP contribution in [0.4, 0.5) is 0 Å². The van der Waals surface area contributed by atoms with E-state index in [2.05, 4.69) is 17.3 Å². The monoisotopic (exact) mass is 355 g/mol. The molecule has 1 N–H and O–H groups in total. The SMILES string of the molecule is Cc1nn(C)c2nc(-c3cccs3)cc(C(=O)N3CCNCC3C)c12. The summed E-state index contributed by atoms with van der Waals surface area (Å²) in [6.07, 6.45) is 0. The summed E-state index contributed by atoms with van der Waals surface area (Å²) < 4.78 is 1.76. The number of thiophene rings is 1. The summed E-state index contributed by atoms with van der Waals surface area (Å²) >= 11 is 1.63. The van der Waals surface area contributed by atoms with Gasteiger partial charge in [0, 0.05) is 32.7 Å². The molecular weight excluding hydrogens is 334 g/mol. The van der Waals surface area contributed by atoms with Crippen molar-refractivity contribution in [3.05, 3.63) is 34.8 Å². The molecule has 1 saturated heterocycles. The number of aromatic nitrogens is 3. The zero-order valence-corrected chi connectivity index (χ0v) is 15.4. The maximum absolute atomic E-state index is 13.3. The predicted octanol–water partition coefficient (Wildman–Crippen LogP) is 2.44. The van der Waals surface area contributed by atoms with Crippen LogP contribution in [0.3, 0.4) is 0 Å². The Bertz CT molecular complexity index is 931. The fraction of sp³-hybridized carbons (Fsp3) is 0.389. The Labute approximate surface area is 150 Å². The molecule has 1 aliphatic heterocycles. The molecule has 3 aromatic heterocycles. The number of pyridine rings is 1. The van der Waals surface area contributed by atoms with E-state index >= 15 is 0 Å². The second-order valence-corrected chi connectivity index (χ2v) is 7.44. The van der Waals surface area contributed by atoms with E-state index in [0.717, 1.165) is 46.9 Å². The third-order valence-electron chi connectivity index (χ3n) is 4.73. The van der Waals surface area contributed by atoms with Crippen molar-refractivity contribution in [3.8, 4) is 10.6 Å². The van der Waals surface area contributed by atoms with Crippen molar-refractivity contribution in [1.82, 2.24) is 25.0 Å². The highest BCUT2D eigenvalue weighted by Gasteiger charge is 2.27. The minimum absolute atomic E-state index is 0.0651. The van der Waals surface area contributed by atoms with Gasteiger partial charge >= 0.3 is 0 Å². The molecule has 130 valence electrons. The molecule has 0 aliphatic carbocycles. The van der Waals surface area contributed by atoms with Crippen molar-refractivity contribution < 1.29 is 4.79 Å². The number of carbonyl (C=O) groups excluding carboxylic acids is 1. The second kappa shape index (κ2) is 6.24. The summed E-state index contributed by atoms with van der Waals surface area (Å²) in [5.41, 5.74) is 3.13. The zero-order valence-electron chi connectivity index (χ0n) is 14.6. The van der Waals surface area contributed by atoms with E-state index in [1.54, 1.807) is 16.0 Å². The molecule has 7 heteroatoms. The molecule has 0 spiro atoms. The topological polar surface area (TPSA) is 63.1 Å². The van der Waals surface area contributed by atoms with Crippen LogP contribution in [0, 0.1) is 6.92 Å². The lowest BCUT2D eigenvalue weighted by Crippen LogP contribution is -2.52. The first-order valence-corrected chi connectivity index (χ1v) is 9.34. The number of amides is 1. The average Bonchev–Trinajstić information content (AvgIpc) is 3.23. The quantitative estimate of drug-likeness (QED) is 0.767. The maximum atomic E-state index is 13.3. The minimum Gasteiger partial charge on any atom is -0.333 e. The second-order valence-electron chi connectivity index (χ2n) is 6.49. The smallest absolute Gasteiger partial charge is 0.255 e. The molecule has 6 nitrogen and oxygen atoms in total. The molecule has 1 fully saturated rings. The number of piperazine rings is 1. The number of nitrogens with one attached hydrogen (secondary N) is 1. The standard InChI is InChI=1S/C18H21N5OS/c1-11-10-19-6-7-23(11)18(24)13-9-14(15-5-4-8-25-15)20-17-16(13)12(2)21-22(17)3/h4-5,8-9,11,19H,6-7,10H2,1-3H3. The summed E-state index contributed by atoms with van der Waals surface area (Å²) in [5.74, 6) is 0.0651. The van der Waals surface area contributed by atoms with Gasteiger partial charge in [-0.25, -0.2) is 4.98 Å². The van der Waals surface area contributed by atoms with Crippen molar-refractivity contribution in [1.29, 1.82) is 0 Å². The highest BCUT2D eigenvalue weighted by Crippen LogP contribution is 2.30. The number of hydrogen-bond acceptors (Lipinski definition) is 5. The Morgan fingerprint density at radius 2 is 2.28 bits per heavy atom. The first kappa shape index (κ1) is 16.2. The lowest BCUT2D eigenvalue weighted by atomic mass is 10.1. The van der Waals surface area contributed by atoms with Crippen LogP contribution in [-0.2, 0) is 7.05 Å². The molecule has 1 aliphatic rings. The molecule has 0 bridgehead atoms. The van der Waals surface area contributed by atoms with Gasteiger partial charge in [-0.05, 0) is 31.4 Å².